The van der Waals surface area contributed by atoms with Gasteiger partial charge in [0.2, 0.25) is 5.91 Å². The Hall–Kier alpha value is -1.69. The van der Waals surface area contributed by atoms with E-state index in [1.54, 1.807) is 12.1 Å². The zero-order valence-electron chi connectivity index (χ0n) is 11.8. The summed E-state index contributed by atoms with van der Waals surface area (Å²) in [4.78, 5) is 11.9. The summed E-state index contributed by atoms with van der Waals surface area (Å²) in [6, 6.07) is 6.20. The van der Waals surface area contributed by atoms with E-state index in [2.05, 4.69) is 10.1 Å². The maximum Gasteiger partial charge on any atom is 0.387 e. The van der Waals surface area contributed by atoms with Gasteiger partial charge in [-0.15, -0.1) is 0 Å². The van der Waals surface area contributed by atoms with Gasteiger partial charge >= 0.3 is 6.61 Å². The van der Waals surface area contributed by atoms with Crippen LogP contribution in [0.2, 0.25) is 0 Å². The lowest BCUT2D eigenvalue weighted by molar-refractivity contribution is -0.122. The van der Waals surface area contributed by atoms with E-state index in [-0.39, 0.29) is 17.2 Å². The third-order valence-corrected chi connectivity index (χ3v) is 3.75. The van der Waals surface area contributed by atoms with E-state index < -0.39 is 6.61 Å². The van der Waals surface area contributed by atoms with Crippen LogP contribution in [0.4, 0.5) is 8.78 Å². The lowest BCUT2D eigenvalue weighted by Crippen LogP contribution is -2.41. The van der Waals surface area contributed by atoms with Crippen LogP contribution in [0.25, 0.3) is 0 Å². The molecule has 0 aromatic heterocycles. The van der Waals surface area contributed by atoms with Gasteiger partial charge in [0.1, 0.15) is 5.75 Å². The Kier molecular flexibility index (Phi) is 5.12. The Morgan fingerprint density at radius 2 is 1.90 bits per heavy atom. The number of alkyl halides is 2. The minimum Gasteiger partial charge on any atom is -0.435 e. The highest BCUT2D eigenvalue weighted by atomic mass is 19.3. The highest BCUT2D eigenvalue weighted by Crippen LogP contribution is 2.29. The molecule has 1 aromatic carbocycles. The lowest BCUT2D eigenvalue weighted by atomic mass is 9.94. The molecule has 4 nitrogen and oxygen atoms in total. The van der Waals surface area contributed by atoms with E-state index in [0.29, 0.717) is 13.0 Å². The van der Waals surface area contributed by atoms with Gasteiger partial charge in [-0.05, 0) is 30.5 Å². The van der Waals surface area contributed by atoms with E-state index >= 15 is 0 Å². The molecule has 1 aliphatic carbocycles. The van der Waals surface area contributed by atoms with Crippen molar-refractivity contribution in [3.63, 3.8) is 0 Å². The predicted molar refractivity (Wildman–Crippen MR) is 74.9 cm³/mol. The van der Waals surface area contributed by atoms with Crippen molar-refractivity contribution in [3.05, 3.63) is 29.8 Å². The molecule has 0 bridgehead atoms. The first-order valence-corrected chi connectivity index (χ1v) is 7.06. The number of amides is 1. The number of carbonyl (C=O) groups is 1. The molecule has 1 aromatic rings. The topological polar surface area (TPSA) is 64.4 Å². The molecule has 0 heterocycles. The zero-order valence-corrected chi connectivity index (χ0v) is 11.8. The van der Waals surface area contributed by atoms with Crippen molar-refractivity contribution in [3.8, 4) is 5.75 Å². The minimum absolute atomic E-state index is 0.0766. The summed E-state index contributed by atoms with van der Waals surface area (Å²) in [6.45, 7) is -2.48. The van der Waals surface area contributed by atoms with E-state index in [1.807, 2.05) is 0 Å². The zero-order chi connectivity index (χ0) is 15.3. The molecule has 0 spiro atoms. The van der Waals surface area contributed by atoms with Gasteiger partial charge in [0.05, 0.1) is 0 Å². The number of nitrogens with one attached hydrogen (secondary N) is 1. The van der Waals surface area contributed by atoms with Crippen LogP contribution in [0.15, 0.2) is 24.3 Å². The first-order valence-electron chi connectivity index (χ1n) is 7.06. The average Bonchev–Trinajstić information content (AvgIpc) is 2.84. The number of ether oxygens (including phenoxy) is 1. The van der Waals surface area contributed by atoms with Gasteiger partial charge in [0.15, 0.2) is 0 Å². The van der Waals surface area contributed by atoms with Crippen LogP contribution in [0, 0.1) is 0 Å². The van der Waals surface area contributed by atoms with Crippen LogP contribution < -0.4 is 15.8 Å². The second-order valence-electron chi connectivity index (χ2n) is 5.55. The fourth-order valence-electron chi connectivity index (χ4n) is 2.63. The fourth-order valence-corrected chi connectivity index (χ4v) is 2.63. The number of halogens is 2. The molecule has 3 N–H and O–H groups in total. The van der Waals surface area contributed by atoms with E-state index in [1.165, 1.54) is 12.1 Å². The van der Waals surface area contributed by atoms with Crippen LogP contribution in [-0.4, -0.2) is 18.1 Å². The SMILES string of the molecule is NC1(CC(=O)NCc2ccc(OC(F)F)cc2)CCCC1. The minimum atomic E-state index is -2.83. The fraction of sp³-hybridized carbons (Fsp3) is 0.533. The molecular weight excluding hydrogens is 278 g/mol. The Labute approximate surface area is 122 Å². The van der Waals surface area contributed by atoms with Gasteiger partial charge in [-0.25, -0.2) is 0 Å². The molecule has 2 rings (SSSR count). The molecule has 6 heteroatoms. The summed E-state index contributed by atoms with van der Waals surface area (Å²) < 4.78 is 28.3. The second-order valence-corrected chi connectivity index (χ2v) is 5.55. The summed E-state index contributed by atoms with van der Waals surface area (Å²) in [6.07, 6.45) is 4.27. The molecule has 0 aliphatic heterocycles. The molecule has 21 heavy (non-hydrogen) atoms. The van der Waals surface area contributed by atoms with Gasteiger partial charge in [-0.3, -0.25) is 4.79 Å². The quantitative estimate of drug-likeness (QED) is 0.848. The van der Waals surface area contributed by atoms with E-state index in [9.17, 15) is 13.6 Å². The highest BCUT2D eigenvalue weighted by Gasteiger charge is 2.31. The van der Waals surface area contributed by atoms with Crippen LogP contribution in [0.5, 0.6) is 5.75 Å². The molecule has 1 amide bonds. The highest BCUT2D eigenvalue weighted by molar-refractivity contribution is 5.77. The third kappa shape index (κ3) is 4.97. The van der Waals surface area contributed by atoms with Gasteiger partial charge in [-0.2, -0.15) is 8.78 Å². The largest absolute Gasteiger partial charge is 0.435 e. The van der Waals surface area contributed by atoms with Gasteiger partial charge < -0.3 is 15.8 Å². The number of hydrogen-bond donors (Lipinski definition) is 2. The van der Waals surface area contributed by atoms with Crippen molar-refractivity contribution < 1.29 is 18.3 Å². The van der Waals surface area contributed by atoms with Crippen LogP contribution in [0.3, 0.4) is 0 Å². The van der Waals surface area contributed by atoms with Crippen molar-refractivity contribution >= 4 is 5.91 Å². The Balaban J connectivity index is 1.78. The van der Waals surface area contributed by atoms with Crippen LogP contribution in [-0.2, 0) is 11.3 Å². The van der Waals surface area contributed by atoms with Crippen molar-refractivity contribution in [2.75, 3.05) is 0 Å². The normalized spacial score (nSPS) is 17.0. The summed E-state index contributed by atoms with van der Waals surface area (Å²) >= 11 is 0. The Morgan fingerprint density at radius 1 is 1.29 bits per heavy atom. The number of nitrogens with two attached hydrogens (primary N) is 1. The summed E-state index contributed by atoms with van der Waals surface area (Å²) in [5.41, 5.74) is 6.61. The number of hydrogen-bond acceptors (Lipinski definition) is 3. The van der Waals surface area contributed by atoms with Crippen molar-refractivity contribution in [2.24, 2.45) is 5.73 Å². The van der Waals surface area contributed by atoms with Gasteiger partial charge in [0, 0.05) is 18.5 Å². The molecule has 116 valence electrons. The number of benzene rings is 1. The summed E-state index contributed by atoms with van der Waals surface area (Å²) in [7, 11) is 0. The number of carbonyl (C=O) groups excluding carboxylic acids is 1. The summed E-state index contributed by atoms with van der Waals surface area (Å²) in [5, 5.41) is 2.80. The predicted octanol–water partition coefficient (Wildman–Crippen LogP) is 2.57. The average molecular weight is 298 g/mol. The molecule has 0 unspecified atom stereocenters. The van der Waals surface area contributed by atoms with Crippen molar-refractivity contribution in [1.82, 2.24) is 5.32 Å². The standard InChI is InChI=1S/C15H20F2N2O2/c16-14(17)21-12-5-3-11(4-6-12)10-19-13(20)9-15(18)7-1-2-8-15/h3-6,14H,1-2,7-10,18H2,(H,19,20). The maximum absolute atomic E-state index is 12.0. The number of rotatable bonds is 6. The molecule has 1 aliphatic rings. The van der Waals surface area contributed by atoms with Gasteiger partial charge in [0.25, 0.3) is 0 Å². The molecular formula is C15H20F2N2O2. The van der Waals surface area contributed by atoms with Crippen molar-refractivity contribution in [1.29, 1.82) is 0 Å². The Bertz CT molecular complexity index is 471. The van der Waals surface area contributed by atoms with E-state index in [4.69, 9.17) is 5.73 Å². The molecule has 0 atom stereocenters. The van der Waals surface area contributed by atoms with Crippen LogP contribution >= 0.6 is 0 Å². The van der Waals surface area contributed by atoms with Crippen LogP contribution in [0.1, 0.15) is 37.7 Å². The van der Waals surface area contributed by atoms with E-state index in [0.717, 1.165) is 31.2 Å². The third-order valence-electron chi connectivity index (χ3n) is 3.75. The molecule has 1 saturated carbocycles. The smallest absolute Gasteiger partial charge is 0.387 e. The van der Waals surface area contributed by atoms with Gasteiger partial charge in [-0.1, -0.05) is 25.0 Å². The first-order chi connectivity index (χ1) is 9.97. The molecule has 0 saturated heterocycles. The Morgan fingerprint density at radius 3 is 2.48 bits per heavy atom. The molecule has 0 radical (unpaired) electrons. The summed E-state index contributed by atoms with van der Waals surface area (Å²) in [5.74, 6) is 0.0271. The molecule has 1 fully saturated rings. The van der Waals surface area contributed by atoms with Crippen molar-refractivity contribution in [2.45, 2.75) is 50.8 Å². The first kappa shape index (κ1) is 15.7. The second kappa shape index (κ2) is 6.85. The maximum atomic E-state index is 12.0. The lowest BCUT2D eigenvalue weighted by Gasteiger charge is -2.22. The monoisotopic (exact) mass is 298 g/mol.